The summed E-state index contributed by atoms with van der Waals surface area (Å²) >= 11 is 0. The van der Waals surface area contributed by atoms with Crippen molar-refractivity contribution in [2.24, 2.45) is 0 Å². The second-order valence-corrected chi connectivity index (χ2v) is 5.37. The van der Waals surface area contributed by atoms with Crippen LogP contribution in [0.3, 0.4) is 0 Å². The number of imidazole rings is 1. The van der Waals surface area contributed by atoms with Gasteiger partial charge in [0.2, 0.25) is 0 Å². The fraction of sp³-hybridized carbons (Fsp3) is 0.375. The highest BCUT2D eigenvalue weighted by Crippen LogP contribution is 2.27. The van der Waals surface area contributed by atoms with E-state index in [4.69, 9.17) is 0 Å². The van der Waals surface area contributed by atoms with Gasteiger partial charge >= 0.3 is 0 Å². The van der Waals surface area contributed by atoms with Gasteiger partial charge in [-0.2, -0.15) is 5.26 Å². The Labute approximate surface area is 119 Å². The van der Waals surface area contributed by atoms with Crippen molar-refractivity contribution in [3.8, 4) is 11.8 Å². The van der Waals surface area contributed by atoms with Crippen LogP contribution in [0.5, 0.6) is 0 Å². The lowest BCUT2D eigenvalue weighted by atomic mass is 9.97. The van der Waals surface area contributed by atoms with Gasteiger partial charge in [-0.15, -0.1) is 0 Å². The maximum absolute atomic E-state index is 9.26. The van der Waals surface area contributed by atoms with Crippen molar-refractivity contribution in [3.05, 3.63) is 48.0 Å². The Bertz CT molecular complexity index is 638. The maximum Gasteiger partial charge on any atom is 0.101 e. The van der Waals surface area contributed by atoms with Crippen LogP contribution in [0.4, 0.5) is 0 Å². The Hall–Kier alpha value is -2.12. The summed E-state index contributed by atoms with van der Waals surface area (Å²) in [7, 11) is 0. The van der Waals surface area contributed by atoms with Crippen LogP contribution in [0.15, 0.2) is 36.8 Å². The highest BCUT2D eigenvalue weighted by atomic mass is 15.1. The van der Waals surface area contributed by atoms with Crippen LogP contribution in [0.25, 0.3) is 5.69 Å². The van der Waals surface area contributed by atoms with E-state index in [9.17, 15) is 5.26 Å². The Morgan fingerprint density at radius 2 is 2.20 bits per heavy atom. The second kappa shape index (κ2) is 5.48. The average molecular weight is 266 g/mol. The third kappa shape index (κ3) is 2.33. The van der Waals surface area contributed by atoms with E-state index >= 15 is 0 Å². The minimum atomic E-state index is 0.313. The maximum atomic E-state index is 9.26. The number of benzene rings is 1. The summed E-state index contributed by atoms with van der Waals surface area (Å²) in [6.07, 6.45) is 7.27. The topological polar surface area (TPSA) is 53.6 Å². The van der Waals surface area contributed by atoms with E-state index in [1.54, 1.807) is 6.33 Å². The number of rotatable bonds is 2. The molecule has 2 unspecified atom stereocenters. The van der Waals surface area contributed by atoms with Crippen molar-refractivity contribution < 1.29 is 0 Å². The molecule has 0 amide bonds. The molecule has 1 N–H and O–H groups in total. The molecule has 0 spiro atoms. The van der Waals surface area contributed by atoms with Crippen LogP contribution in [0.1, 0.15) is 43.5 Å². The van der Waals surface area contributed by atoms with Crippen LogP contribution in [0, 0.1) is 11.3 Å². The number of para-hydroxylation sites is 1. The van der Waals surface area contributed by atoms with E-state index < -0.39 is 0 Å². The molecule has 3 rings (SSSR count). The second-order valence-electron chi connectivity index (χ2n) is 5.37. The lowest BCUT2D eigenvalue weighted by Gasteiger charge is -2.29. The highest BCUT2D eigenvalue weighted by molar-refractivity contribution is 5.49. The average Bonchev–Trinajstić information content (AvgIpc) is 2.96. The molecular weight excluding hydrogens is 248 g/mol. The zero-order chi connectivity index (χ0) is 13.9. The zero-order valence-corrected chi connectivity index (χ0v) is 11.6. The van der Waals surface area contributed by atoms with Crippen molar-refractivity contribution in [1.29, 1.82) is 5.26 Å². The molecule has 1 aromatic heterocycles. The number of hydrogen-bond donors (Lipinski definition) is 1. The summed E-state index contributed by atoms with van der Waals surface area (Å²) < 4.78 is 2.04. The third-order valence-corrected chi connectivity index (χ3v) is 3.92. The summed E-state index contributed by atoms with van der Waals surface area (Å²) in [5.74, 6) is 0. The predicted octanol–water partition coefficient (Wildman–Crippen LogP) is 2.95. The van der Waals surface area contributed by atoms with Gasteiger partial charge in [0, 0.05) is 12.1 Å². The summed E-state index contributed by atoms with van der Waals surface area (Å²) in [6.45, 7) is 2.22. The molecular formula is C16H18N4. The van der Waals surface area contributed by atoms with Crippen LogP contribution in [0.2, 0.25) is 0 Å². The monoisotopic (exact) mass is 266 g/mol. The van der Waals surface area contributed by atoms with Crippen LogP contribution < -0.4 is 5.32 Å². The molecule has 2 atom stereocenters. The number of nitriles is 1. The largest absolute Gasteiger partial charge is 0.306 e. The van der Waals surface area contributed by atoms with E-state index in [0.717, 1.165) is 17.8 Å². The van der Waals surface area contributed by atoms with E-state index in [-0.39, 0.29) is 0 Å². The van der Waals surface area contributed by atoms with Gasteiger partial charge in [-0.25, -0.2) is 4.98 Å². The van der Waals surface area contributed by atoms with Crippen LogP contribution in [-0.2, 0) is 0 Å². The van der Waals surface area contributed by atoms with E-state index in [2.05, 4.69) is 23.3 Å². The van der Waals surface area contributed by atoms with E-state index in [1.165, 1.54) is 12.8 Å². The minimum absolute atomic E-state index is 0.313. The highest BCUT2D eigenvalue weighted by Gasteiger charge is 2.23. The summed E-state index contributed by atoms with van der Waals surface area (Å²) in [5.41, 5.74) is 2.72. The van der Waals surface area contributed by atoms with Gasteiger partial charge in [0.25, 0.3) is 0 Å². The first-order chi connectivity index (χ1) is 9.79. The van der Waals surface area contributed by atoms with Gasteiger partial charge < -0.3 is 9.88 Å². The zero-order valence-electron chi connectivity index (χ0n) is 11.6. The summed E-state index contributed by atoms with van der Waals surface area (Å²) in [4.78, 5) is 4.29. The molecule has 1 fully saturated rings. The number of nitrogens with zero attached hydrogens (tertiary/aromatic N) is 3. The fourth-order valence-electron chi connectivity index (χ4n) is 2.91. The molecule has 102 valence electrons. The van der Waals surface area contributed by atoms with E-state index in [0.29, 0.717) is 17.6 Å². The number of piperidine rings is 1. The van der Waals surface area contributed by atoms with E-state index in [1.807, 2.05) is 35.0 Å². The smallest absolute Gasteiger partial charge is 0.101 e. The Balaban J connectivity index is 2.00. The molecule has 0 aliphatic carbocycles. The van der Waals surface area contributed by atoms with Crippen LogP contribution in [-0.4, -0.2) is 15.6 Å². The first kappa shape index (κ1) is 12.9. The molecule has 0 bridgehead atoms. The van der Waals surface area contributed by atoms with Gasteiger partial charge in [-0.3, -0.25) is 0 Å². The first-order valence-electron chi connectivity index (χ1n) is 7.07. The van der Waals surface area contributed by atoms with Crippen molar-refractivity contribution in [2.75, 3.05) is 0 Å². The Kier molecular flexibility index (Phi) is 3.53. The normalized spacial score (nSPS) is 22.4. The van der Waals surface area contributed by atoms with Gasteiger partial charge in [-0.1, -0.05) is 12.1 Å². The van der Waals surface area contributed by atoms with Gasteiger partial charge in [-0.05, 0) is 38.3 Å². The number of aromatic nitrogens is 2. The molecule has 1 aliphatic rings. The van der Waals surface area contributed by atoms with Crippen molar-refractivity contribution in [2.45, 2.75) is 38.3 Å². The first-order valence-corrected chi connectivity index (χ1v) is 7.07. The lowest BCUT2D eigenvalue weighted by molar-refractivity contribution is 0.334. The molecule has 0 radical (unpaired) electrons. The third-order valence-electron chi connectivity index (χ3n) is 3.92. The van der Waals surface area contributed by atoms with Crippen LogP contribution >= 0.6 is 0 Å². The van der Waals surface area contributed by atoms with Gasteiger partial charge in [0.1, 0.15) is 6.07 Å². The molecule has 4 nitrogen and oxygen atoms in total. The molecule has 20 heavy (non-hydrogen) atoms. The minimum Gasteiger partial charge on any atom is -0.306 e. The van der Waals surface area contributed by atoms with Gasteiger partial charge in [0.15, 0.2) is 0 Å². The Morgan fingerprint density at radius 1 is 1.35 bits per heavy atom. The van der Waals surface area contributed by atoms with Crippen molar-refractivity contribution in [1.82, 2.24) is 14.9 Å². The summed E-state index contributed by atoms with van der Waals surface area (Å²) in [5, 5.41) is 12.9. The standard InChI is InChI=1S/C16H18N4/c1-12-5-4-7-14(19-12)16-10-18-11-20(16)15-8-3-2-6-13(15)9-17/h2-3,6,8,10-12,14,19H,4-5,7H2,1H3. The van der Waals surface area contributed by atoms with Crippen molar-refractivity contribution >= 4 is 0 Å². The fourth-order valence-corrected chi connectivity index (χ4v) is 2.91. The molecule has 0 saturated carbocycles. The molecule has 2 aromatic rings. The summed E-state index contributed by atoms with van der Waals surface area (Å²) in [6, 6.07) is 10.8. The number of hydrogen-bond acceptors (Lipinski definition) is 3. The quantitative estimate of drug-likeness (QED) is 0.909. The SMILES string of the molecule is CC1CCCC(c2cncn2-c2ccccc2C#N)N1. The predicted molar refractivity (Wildman–Crippen MR) is 77.5 cm³/mol. The Morgan fingerprint density at radius 3 is 3.00 bits per heavy atom. The lowest BCUT2D eigenvalue weighted by Crippen LogP contribution is -2.35. The molecule has 1 saturated heterocycles. The molecule has 1 aromatic carbocycles. The number of nitrogens with one attached hydrogen (secondary N) is 1. The van der Waals surface area contributed by atoms with Gasteiger partial charge in [0.05, 0.1) is 29.5 Å². The molecule has 1 aliphatic heterocycles. The molecule has 2 heterocycles. The van der Waals surface area contributed by atoms with Crippen molar-refractivity contribution in [3.63, 3.8) is 0 Å². The molecule has 4 heteroatoms.